The maximum atomic E-state index is 13.7. The monoisotopic (exact) mass is 408 g/mol. The lowest BCUT2D eigenvalue weighted by atomic mass is 9.90. The summed E-state index contributed by atoms with van der Waals surface area (Å²) >= 11 is 0. The maximum Gasteiger partial charge on any atom is 0.160 e. The number of carbonyl (C=O) groups excluding carboxylic acids is 1. The standard InChI is InChI=1S/C25H28O5/c1-27-19-7-5-15(11-21(19)29-3)17-13-24(17)9-10-25(23(24)26)14-18(25)16-6-8-20(28-2)22(12-16)30-4/h5-8,11-12,17-18H,9-10,13-14H2,1-4H3. The van der Waals surface area contributed by atoms with Gasteiger partial charge in [-0.2, -0.15) is 0 Å². The van der Waals surface area contributed by atoms with Crippen LogP contribution in [0.4, 0.5) is 0 Å². The molecule has 2 spiro atoms. The second-order valence-corrected chi connectivity index (χ2v) is 8.88. The van der Waals surface area contributed by atoms with Crippen molar-refractivity contribution in [3.8, 4) is 23.0 Å². The molecule has 5 rings (SSSR count). The van der Waals surface area contributed by atoms with E-state index < -0.39 is 0 Å². The molecule has 2 aromatic carbocycles. The first-order chi connectivity index (χ1) is 14.5. The van der Waals surface area contributed by atoms with Crippen molar-refractivity contribution in [1.29, 1.82) is 0 Å². The Morgan fingerprint density at radius 2 is 1.07 bits per heavy atom. The summed E-state index contributed by atoms with van der Waals surface area (Å²) in [5, 5.41) is 0. The highest BCUT2D eigenvalue weighted by Crippen LogP contribution is 2.78. The van der Waals surface area contributed by atoms with Crippen LogP contribution in [0.25, 0.3) is 0 Å². The van der Waals surface area contributed by atoms with Crippen molar-refractivity contribution in [3.63, 3.8) is 0 Å². The molecule has 3 aliphatic carbocycles. The number of carbonyl (C=O) groups is 1. The van der Waals surface area contributed by atoms with Gasteiger partial charge >= 0.3 is 0 Å². The highest BCUT2D eigenvalue weighted by molar-refractivity contribution is 5.99. The Balaban J connectivity index is 1.37. The van der Waals surface area contributed by atoms with Gasteiger partial charge in [0.25, 0.3) is 0 Å². The number of methoxy groups -OCH3 is 4. The van der Waals surface area contributed by atoms with Crippen LogP contribution in [0.1, 0.15) is 48.6 Å². The predicted molar refractivity (Wildman–Crippen MR) is 113 cm³/mol. The van der Waals surface area contributed by atoms with Gasteiger partial charge in [-0.15, -0.1) is 0 Å². The van der Waals surface area contributed by atoms with Gasteiger partial charge in [0.05, 0.1) is 28.4 Å². The first-order valence-electron chi connectivity index (χ1n) is 10.5. The van der Waals surface area contributed by atoms with Crippen molar-refractivity contribution >= 4 is 5.78 Å². The lowest BCUT2D eigenvalue weighted by molar-refractivity contribution is -0.126. The fourth-order valence-electron chi connectivity index (χ4n) is 5.85. The van der Waals surface area contributed by atoms with Crippen molar-refractivity contribution in [1.82, 2.24) is 0 Å². The van der Waals surface area contributed by atoms with E-state index in [1.165, 1.54) is 11.1 Å². The van der Waals surface area contributed by atoms with Crippen molar-refractivity contribution in [2.45, 2.75) is 37.5 Å². The predicted octanol–water partition coefficient (Wildman–Crippen LogP) is 4.73. The highest BCUT2D eigenvalue weighted by atomic mass is 16.5. The molecular formula is C25H28O5. The molecule has 5 heteroatoms. The van der Waals surface area contributed by atoms with Gasteiger partial charge in [0.2, 0.25) is 0 Å². The third kappa shape index (κ3) is 2.57. The van der Waals surface area contributed by atoms with Gasteiger partial charge in [-0.3, -0.25) is 4.79 Å². The summed E-state index contributed by atoms with van der Waals surface area (Å²) in [7, 11) is 6.58. The Morgan fingerprint density at radius 3 is 1.43 bits per heavy atom. The molecule has 0 saturated heterocycles. The highest BCUT2D eigenvalue weighted by Gasteiger charge is 2.75. The van der Waals surface area contributed by atoms with Crippen LogP contribution in [0.5, 0.6) is 23.0 Å². The second-order valence-electron chi connectivity index (χ2n) is 8.88. The van der Waals surface area contributed by atoms with Gasteiger partial charge in [-0.1, -0.05) is 12.1 Å². The largest absolute Gasteiger partial charge is 0.493 e. The van der Waals surface area contributed by atoms with E-state index in [-0.39, 0.29) is 22.7 Å². The van der Waals surface area contributed by atoms with E-state index >= 15 is 0 Å². The molecule has 0 bridgehead atoms. The smallest absolute Gasteiger partial charge is 0.160 e. The Labute approximate surface area is 177 Å². The molecule has 3 fully saturated rings. The van der Waals surface area contributed by atoms with Crippen LogP contribution >= 0.6 is 0 Å². The second kappa shape index (κ2) is 6.66. The van der Waals surface area contributed by atoms with Crippen LogP contribution in [-0.2, 0) is 4.79 Å². The van der Waals surface area contributed by atoms with Crippen LogP contribution in [0.15, 0.2) is 36.4 Å². The average Bonchev–Trinajstić information content (AvgIpc) is 3.68. The fourth-order valence-corrected chi connectivity index (χ4v) is 5.85. The molecule has 30 heavy (non-hydrogen) atoms. The molecule has 158 valence electrons. The lowest BCUT2D eigenvalue weighted by Crippen LogP contribution is -2.19. The molecule has 4 unspecified atom stereocenters. The number of ketones is 1. The van der Waals surface area contributed by atoms with E-state index in [9.17, 15) is 4.79 Å². The van der Waals surface area contributed by atoms with E-state index in [0.717, 1.165) is 48.7 Å². The summed E-state index contributed by atoms with van der Waals surface area (Å²) in [6, 6.07) is 12.1. The van der Waals surface area contributed by atoms with E-state index in [4.69, 9.17) is 18.9 Å². The van der Waals surface area contributed by atoms with Crippen LogP contribution in [0.3, 0.4) is 0 Å². The van der Waals surface area contributed by atoms with Crippen molar-refractivity contribution < 1.29 is 23.7 Å². The minimum atomic E-state index is -0.190. The maximum absolute atomic E-state index is 13.7. The van der Waals surface area contributed by atoms with Gasteiger partial charge in [0, 0.05) is 10.8 Å². The van der Waals surface area contributed by atoms with Gasteiger partial charge in [0.1, 0.15) is 5.78 Å². The van der Waals surface area contributed by atoms with E-state index in [0.29, 0.717) is 5.78 Å². The first kappa shape index (κ1) is 19.3. The molecule has 0 aliphatic heterocycles. The summed E-state index contributed by atoms with van der Waals surface area (Å²) in [5.74, 6) is 3.95. The van der Waals surface area contributed by atoms with Crippen molar-refractivity contribution in [3.05, 3.63) is 47.5 Å². The van der Waals surface area contributed by atoms with Crippen LogP contribution in [-0.4, -0.2) is 34.2 Å². The number of hydrogen-bond acceptors (Lipinski definition) is 5. The average molecular weight is 408 g/mol. The molecule has 0 heterocycles. The molecule has 0 N–H and O–H groups in total. The topological polar surface area (TPSA) is 54.0 Å². The summed E-state index contributed by atoms with van der Waals surface area (Å²) in [6.07, 6.45) is 3.85. The van der Waals surface area contributed by atoms with Crippen LogP contribution in [0, 0.1) is 10.8 Å². The number of hydrogen-bond donors (Lipinski definition) is 0. The van der Waals surface area contributed by atoms with Crippen LogP contribution < -0.4 is 18.9 Å². The Hall–Kier alpha value is -2.69. The lowest BCUT2D eigenvalue weighted by Gasteiger charge is -2.14. The van der Waals surface area contributed by atoms with E-state index in [1.54, 1.807) is 28.4 Å². The zero-order chi connectivity index (χ0) is 21.1. The Morgan fingerprint density at radius 1 is 0.667 bits per heavy atom. The number of rotatable bonds is 6. The minimum absolute atomic E-state index is 0.190. The summed E-state index contributed by atoms with van der Waals surface area (Å²) < 4.78 is 21.7. The number of benzene rings is 2. The van der Waals surface area contributed by atoms with Gasteiger partial charge < -0.3 is 18.9 Å². The normalized spacial score (nSPS) is 31.1. The first-order valence-corrected chi connectivity index (χ1v) is 10.5. The quantitative estimate of drug-likeness (QED) is 0.692. The molecular weight excluding hydrogens is 380 g/mol. The van der Waals surface area contributed by atoms with Crippen molar-refractivity contribution in [2.75, 3.05) is 28.4 Å². The molecule has 5 nitrogen and oxygen atoms in total. The summed E-state index contributed by atoms with van der Waals surface area (Å²) in [5.41, 5.74) is 1.98. The summed E-state index contributed by atoms with van der Waals surface area (Å²) in [4.78, 5) is 13.7. The third-order valence-corrected chi connectivity index (χ3v) is 7.69. The molecule has 0 aromatic heterocycles. The van der Waals surface area contributed by atoms with Crippen LogP contribution in [0.2, 0.25) is 0 Å². The van der Waals surface area contributed by atoms with Gasteiger partial charge in [0.15, 0.2) is 23.0 Å². The Kier molecular flexibility index (Phi) is 4.28. The molecule has 0 radical (unpaired) electrons. The minimum Gasteiger partial charge on any atom is -0.493 e. The van der Waals surface area contributed by atoms with E-state index in [1.807, 2.05) is 24.3 Å². The molecule has 0 amide bonds. The molecule has 3 aliphatic rings. The molecule has 3 saturated carbocycles. The Bertz CT molecular complexity index is 935. The van der Waals surface area contributed by atoms with Gasteiger partial charge in [-0.25, -0.2) is 0 Å². The number of Topliss-reactive ketones (excluding diaryl/α,β-unsaturated/α-hetero) is 1. The van der Waals surface area contributed by atoms with Gasteiger partial charge in [-0.05, 0) is 72.9 Å². The fraction of sp³-hybridized carbons (Fsp3) is 0.480. The molecule has 4 atom stereocenters. The number of ether oxygens (including phenoxy) is 4. The zero-order valence-corrected chi connectivity index (χ0v) is 18.0. The SMILES string of the molecule is COc1ccc(C2CC23CCC2(CC2c2ccc(OC)c(OC)c2)C3=O)cc1OC. The zero-order valence-electron chi connectivity index (χ0n) is 18.0. The molecule has 2 aromatic rings. The van der Waals surface area contributed by atoms with Crippen molar-refractivity contribution in [2.24, 2.45) is 10.8 Å². The third-order valence-electron chi connectivity index (χ3n) is 7.69. The van der Waals surface area contributed by atoms with E-state index in [2.05, 4.69) is 12.1 Å². The summed E-state index contributed by atoms with van der Waals surface area (Å²) in [6.45, 7) is 0.